The van der Waals surface area contributed by atoms with E-state index >= 15 is 0 Å². The molecule has 1 aromatic carbocycles. The number of ether oxygens (including phenoxy) is 1. The molecular weight excluding hydrogens is 348 g/mol. The number of rotatable bonds is 5. The van der Waals surface area contributed by atoms with Crippen LogP contribution in [0.4, 0.5) is 5.95 Å². The molecule has 0 radical (unpaired) electrons. The zero-order valence-corrected chi connectivity index (χ0v) is 14.5. The molecule has 0 aliphatic heterocycles. The van der Waals surface area contributed by atoms with Gasteiger partial charge in [-0.05, 0) is 36.4 Å². The van der Waals surface area contributed by atoms with Crippen LogP contribution >= 0.6 is 11.6 Å². The molecule has 0 fully saturated rings. The van der Waals surface area contributed by atoms with Gasteiger partial charge in [-0.15, -0.1) is 0 Å². The summed E-state index contributed by atoms with van der Waals surface area (Å²) in [5.74, 6) is 0.884. The molecule has 25 heavy (non-hydrogen) atoms. The van der Waals surface area contributed by atoms with Crippen molar-refractivity contribution in [3.05, 3.63) is 34.5 Å². The van der Waals surface area contributed by atoms with Gasteiger partial charge in [0.1, 0.15) is 17.2 Å². The monoisotopic (exact) mass is 362 g/mol. The zero-order chi connectivity index (χ0) is 18.0. The molecule has 1 N–H and O–H groups in total. The first-order valence-corrected chi connectivity index (χ1v) is 7.80. The molecule has 2 heterocycles. The van der Waals surface area contributed by atoms with Crippen LogP contribution in [0, 0.1) is 6.92 Å². The normalized spacial score (nSPS) is 10.7. The average molecular weight is 363 g/mol. The minimum Gasteiger partial charge on any atom is -0.496 e. The smallest absolute Gasteiger partial charge is 0.259 e. The lowest BCUT2D eigenvalue weighted by molar-refractivity contribution is 0.102. The third-order valence-corrected chi connectivity index (χ3v) is 3.90. The van der Waals surface area contributed by atoms with Gasteiger partial charge in [0.25, 0.3) is 5.91 Å². The highest BCUT2D eigenvalue weighted by molar-refractivity contribution is 6.37. The largest absolute Gasteiger partial charge is 0.496 e. The van der Waals surface area contributed by atoms with Crippen molar-refractivity contribution in [2.45, 2.75) is 20.4 Å². The number of anilines is 1. The molecule has 0 saturated carbocycles. The number of carbonyl (C=O) groups is 1. The topological polar surface area (TPSA) is 108 Å². The van der Waals surface area contributed by atoms with E-state index in [1.807, 2.05) is 6.92 Å². The average Bonchev–Trinajstić information content (AvgIpc) is 3.22. The third kappa shape index (κ3) is 3.18. The number of carbonyl (C=O) groups excluding carboxylic acids is 1. The van der Waals surface area contributed by atoms with E-state index in [1.165, 1.54) is 11.8 Å². The summed E-state index contributed by atoms with van der Waals surface area (Å²) < 4.78 is 11.9. The number of hydrogen-bond acceptors (Lipinski definition) is 7. The Bertz CT molecular complexity index is 920. The fourth-order valence-electron chi connectivity index (χ4n) is 2.30. The standard InChI is InChI=1S/C15H15ClN6O3/c1-4-22-15(18-20-21-22)17-14(23)9-5-6-11(24-3)12(13(9)16)10-7-8(2)25-19-10/h5-7H,4H2,1-3H3,(H,17,18,21,23). The molecular formula is C15H15ClN6O3. The van der Waals surface area contributed by atoms with Crippen LogP contribution in [0.3, 0.4) is 0 Å². The van der Waals surface area contributed by atoms with Gasteiger partial charge in [0.05, 0.1) is 23.3 Å². The van der Waals surface area contributed by atoms with Crippen molar-refractivity contribution >= 4 is 23.5 Å². The zero-order valence-electron chi connectivity index (χ0n) is 13.8. The Balaban J connectivity index is 2.01. The molecule has 9 nitrogen and oxygen atoms in total. The predicted octanol–water partition coefficient (Wildman–Crippen LogP) is 2.57. The number of benzene rings is 1. The Morgan fingerprint density at radius 2 is 2.24 bits per heavy atom. The summed E-state index contributed by atoms with van der Waals surface area (Å²) >= 11 is 6.46. The van der Waals surface area contributed by atoms with Crippen LogP contribution < -0.4 is 10.1 Å². The Morgan fingerprint density at radius 1 is 1.44 bits per heavy atom. The molecule has 0 spiro atoms. The number of nitrogens with zero attached hydrogens (tertiary/aromatic N) is 5. The van der Waals surface area contributed by atoms with Gasteiger partial charge in [-0.25, -0.2) is 4.68 Å². The van der Waals surface area contributed by atoms with E-state index in [2.05, 4.69) is 26.0 Å². The van der Waals surface area contributed by atoms with Gasteiger partial charge < -0.3 is 9.26 Å². The SMILES string of the molecule is CCn1nnnc1NC(=O)c1ccc(OC)c(-c2cc(C)on2)c1Cl. The van der Waals surface area contributed by atoms with E-state index in [1.54, 1.807) is 25.1 Å². The van der Waals surface area contributed by atoms with Gasteiger partial charge in [0.15, 0.2) is 0 Å². The van der Waals surface area contributed by atoms with Crippen molar-refractivity contribution < 1.29 is 14.1 Å². The minimum absolute atomic E-state index is 0.195. The molecule has 0 atom stereocenters. The van der Waals surface area contributed by atoms with Crippen molar-refractivity contribution in [1.82, 2.24) is 25.4 Å². The van der Waals surface area contributed by atoms with Crippen molar-refractivity contribution in [2.75, 3.05) is 12.4 Å². The van der Waals surface area contributed by atoms with Crippen LogP contribution in [-0.4, -0.2) is 38.4 Å². The first-order valence-electron chi connectivity index (χ1n) is 7.42. The summed E-state index contributed by atoms with van der Waals surface area (Å²) in [6.45, 7) is 4.14. The van der Waals surface area contributed by atoms with Crippen molar-refractivity contribution in [3.63, 3.8) is 0 Å². The second-order valence-corrected chi connectivity index (χ2v) is 5.48. The van der Waals surface area contributed by atoms with Gasteiger partial charge in [-0.3, -0.25) is 10.1 Å². The highest BCUT2D eigenvalue weighted by Crippen LogP contribution is 2.38. The molecule has 1 amide bonds. The summed E-state index contributed by atoms with van der Waals surface area (Å²) in [6, 6.07) is 4.92. The maximum absolute atomic E-state index is 12.6. The van der Waals surface area contributed by atoms with E-state index in [0.29, 0.717) is 29.3 Å². The number of halogens is 1. The van der Waals surface area contributed by atoms with Crippen LogP contribution in [0.1, 0.15) is 23.0 Å². The number of tetrazole rings is 1. The van der Waals surface area contributed by atoms with Crippen molar-refractivity contribution in [2.24, 2.45) is 0 Å². The lowest BCUT2D eigenvalue weighted by atomic mass is 10.1. The molecule has 3 rings (SSSR count). The van der Waals surface area contributed by atoms with Crippen molar-refractivity contribution in [3.8, 4) is 17.0 Å². The summed E-state index contributed by atoms with van der Waals surface area (Å²) in [7, 11) is 1.51. The number of amides is 1. The van der Waals surface area contributed by atoms with E-state index in [4.69, 9.17) is 20.9 Å². The Morgan fingerprint density at radius 3 is 2.88 bits per heavy atom. The summed E-state index contributed by atoms with van der Waals surface area (Å²) in [5.41, 5.74) is 1.19. The molecule has 0 unspecified atom stereocenters. The van der Waals surface area contributed by atoms with Crippen LogP contribution in [-0.2, 0) is 6.54 Å². The lowest BCUT2D eigenvalue weighted by Crippen LogP contribution is -2.17. The first-order chi connectivity index (χ1) is 12.0. The second kappa shape index (κ2) is 6.89. The molecule has 0 saturated heterocycles. The Labute approximate surface area is 147 Å². The van der Waals surface area contributed by atoms with Crippen LogP contribution in [0.25, 0.3) is 11.3 Å². The van der Waals surface area contributed by atoms with Crippen LogP contribution in [0.2, 0.25) is 5.02 Å². The molecule has 130 valence electrons. The number of methoxy groups -OCH3 is 1. The molecule has 0 aliphatic carbocycles. The summed E-state index contributed by atoms with van der Waals surface area (Å²) in [6.07, 6.45) is 0. The Kier molecular flexibility index (Phi) is 4.66. The lowest BCUT2D eigenvalue weighted by Gasteiger charge is -2.12. The molecule has 0 aliphatic rings. The molecule has 10 heteroatoms. The number of hydrogen-bond donors (Lipinski definition) is 1. The van der Waals surface area contributed by atoms with Gasteiger partial charge in [-0.1, -0.05) is 21.9 Å². The minimum atomic E-state index is -0.446. The Hall–Kier alpha value is -2.94. The first kappa shape index (κ1) is 16.9. The van der Waals surface area contributed by atoms with Crippen LogP contribution in [0.5, 0.6) is 5.75 Å². The fourth-order valence-corrected chi connectivity index (χ4v) is 2.64. The highest BCUT2D eigenvalue weighted by atomic mass is 35.5. The summed E-state index contributed by atoms with van der Waals surface area (Å²) in [5, 5.41) is 17.9. The van der Waals surface area contributed by atoms with E-state index in [0.717, 1.165) is 0 Å². The summed E-state index contributed by atoms with van der Waals surface area (Å²) in [4.78, 5) is 12.6. The quantitative estimate of drug-likeness (QED) is 0.742. The molecule has 3 aromatic rings. The fraction of sp³-hybridized carbons (Fsp3) is 0.267. The number of aryl methyl sites for hydroxylation is 2. The number of aromatic nitrogens is 5. The third-order valence-electron chi connectivity index (χ3n) is 3.51. The predicted molar refractivity (Wildman–Crippen MR) is 89.7 cm³/mol. The van der Waals surface area contributed by atoms with E-state index in [9.17, 15) is 4.79 Å². The highest BCUT2D eigenvalue weighted by Gasteiger charge is 2.22. The van der Waals surface area contributed by atoms with E-state index in [-0.39, 0.29) is 16.5 Å². The van der Waals surface area contributed by atoms with Crippen LogP contribution in [0.15, 0.2) is 22.7 Å². The van der Waals surface area contributed by atoms with E-state index < -0.39 is 5.91 Å². The van der Waals surface area contributed by atoms with Crippen molar-refractivity contribution in [1.29, 1.82) is 0 Å². The van der Waals surface area contributed by atoms with Gasteiger partial charge >= 0.3 is 0 Å². The van der Waals surface area contributed by atoms with Gasteiger partial charge in [0.2, 0.25) is 5.95 Å². The second-order valence-electron chi connectivity index (χ2n) is 5.10. The van der Waals surface area contributed by atoms with Gasteiger partial charge in [-0.2, -0.15) is 0 Å². The maximum Gasteiger partial charge on any atom is 0.259 e. The number of nitrogens with one attached hydrogen (secondary N) is 1. The molecule has 0 bridgehead atoms. The molecule has 2 aromatic heterocycles. The van der Waals surface area contributed by atoms with Gasteiger partial charge in [0, 0.05) is 12.6 Å². The maximum atomic E-state index is 12.6.